The van der Waals surface area contributed by atoms with E-state index in [9.17, 15) is 9.59 Å². The van der Waals surface area contributed by atoms with Crippen molar-refractivity contribution in [2.45, 2.75) is 98.1 Å². The summed E-state index contributed by atoms with van der Waals surface area (Å²) in [5, 5.41) is 2.90. The summed E-state index contributed by atoms with van der Waals surface area (Å²) in [6, 6.07) is 7.85. The second-order valence-electron chi connectivity index (χ2n) is 10.5. The maximum absolute atomic E-state index is 13.2. The molecule has 6 nitrogen and oxygen atoms in total. The van der Waals surface area contributed by atoms with Gasteiger partial charge in [-0.1, -0.05) is 45.7 Å². The van der Waals surface area contributed by atoms with Crippen LogP contribution in [0.2, 0.25) is 0 Å². The van der Waals surface area contributed by atoms with Gasteiger partial charge in [-0.05, 0) is 69.6 Å². The summed E-state index contributed by atoms with van der Waals surface area (Å²) in [5.41, 5.74) is 1.53. The molecule has 0 radical (unpaired) electrons. The van der Waals surface area contributed by atoms with E-state index in [1.54, 1.807) is 0 Å². The molecule has 0 saturated heterocycles. The first-order valence-corrected chi connectivity index (χ1v) is 12.3. The molecule has 1 amide bonds. The van der Waals surface area contributed by atoms with Gasteiger partial charge in [-0.2, -0.15) is 0 Å². The predicted octanol–water partition coefficient (Wildman–Crippen LogP) is 6.36. The number of nitrogens with zero attached hydrogens (tertiary/aromatic N) is 2. The molecule has 0 atom stereocenters. The molecular formula is C27H39N3O3. The van der Waals surface area contributed by atoms with Crippen LogP contribution in [0.1, 0.15) is 112 Å². The molecule has 0 aliphatic heterocycles. The van der Waals surface area contributed by atoms with E-state index in [1.165, 1.54) is 31.2 Å². The third-order valence-corrected chi connectivity index (χ3v) is 5.89. The molecule has 1 heterocycles. The zero-order chi connectivity index (χ0) is 24.2. The highest BCUT2D eigenvalue weighted by atomic mass is 16.6. The number of anilines is 1. The molecule has 6 heteroatoms. The van der Waals surface area contributed by atoms with Gasteiger partial charge in [-0.3, -0.25) is 4.79 Å². The first kappa shape index (κ1) is 25.0. The number of esters is 1. The minimum absolute atomic E-state index is 0.268. The number of ether oxygens (including phenoxy) is 1. The first-order valence-electron chi connectivity index (χ1n) is 12.3. The van der Waals surface area contributed by atoms with Gasteiger partial charge in [0.15, 0.2) is 11.5 Å². The third kappa shape index (κ3) is 6.46. The fraction of sp³-hybridized carbons (Fsp3) is 0.593. The minimum atomic E-state index is -0.647. The van der Waals surface area contributed by atoms with Gasteiger partial charge in [-0.15, -0.1) is 0 Å². The number of aryl methyl sites for hydroxylation is 1. The van der Waals surface area contributed by atoms with Gasteiger partial charge >= 0.3 is 5.97 Å². The van der Waals surface area contributed by atoms with Gasteiger partial charge in [0.1, 0.15) is 11.4 Å². The van der Waals surface area contributed by atoms with Crippen LogP contribution in [-0.2, 0) is 17.7 Å². The number of hydrogen-bond donors (Lipinski definition) is 1. The second-order valence-corrected chi connectivity index (χ2v) is 10.5. The van der Waals surface area contributed by atoms with Crippen LogP contribution in [0.4, 0.5) is 5.82 Å². The third-order valence-electron chi connectivity index (χ3n) is 5.89. The van der Waals surface area contributed by atoms with Gasteiger partial charge < -0.3 is 14.6 Å². The van der Waals surface area contributed by atoms with Crippen LogP contribution in [0.25, 0.3) is 0 Å². The zero-order valence-corrected chi connectivity index (χ0v) is 21.0. The average Bonchev–Trinajstić information content (AvgIpc) is 3.36. The van der Waals surface area contributed by atoms with Crippen molar-refractivity contribution in [3.8, 4) is 0 Å². The fourth-order valence-electron chi connectivity index (χ4n) is 4.44. The second kappa shape index (κ2) is 10.5. The van der Waals surface area contributed by atoms with Crippen molar-refractivity contribution in [2.24, 2.45) is 5.92 Å². The Morgan fingerprint density at radius 3 is 2.33 bits per heavy atom. The van der Waals surface area contributed by atoms with E-state index in [4.69, 9.17) is 4.74 Å². The number of rotatable bonds is 8. The van der Waals surface area contributed by atoms with E-state index >= 15 is 0 Å². The Balaban J connectivity index is 1.91. The molecule has 0 unspecified atom stereocenters. The van der Waals surface area contributed by atoms with Gasteiger partial charge in [0.05, 0.1) is 0 Å². The topological polar surface area (TPSA) is 73.2 Å². The summed E-state index contributed by atoms with van der Waals surface area (Å²) in [6.07, 6.45) is 6.60. The molecule has 180 valence electrons. The maximum atomic E-state index is 13.2. The lowest BCUT2D eigenvalue weighted by Gasteiger charge is -2.21. The average molecular weight is 454 g/mol. The zero-order valence-electron chi connectivity index (χ0n) is 21.0. The van der Waals surface area contributed by atoms with Gasteiger partial charge in [-0.25, -0.2) is 9.78 Å². The van der Waals surface area contributed by atoms with Crippen molar-refractivity contribution in [2.75, 3.05) is 5.32 Å². The van der Waals surface area contributed by atoms with Crippen molar-refractivity contribution in [3.63, 3.8) is 0 Å². The number of carbonyl (C=O) groups is 2. The fourth-order valence-corrected chi connectivity index (χ4v) is 4.44. The Morgan fingerprint density at radius 2 is 1.79 bits per heavy atom. The standard InChI is InChI=1S/C27H39N3O3/c1-7-10-22-28-24(23(30(22)17-18(2)3)26(32)33-27(4,5)6)29-25(31)21-15-13-20(14-16-21)19-11-8-9-12-19/h13-16,18-19H,7-12,17H2,1-6H3,(H,29,31). The molecule has 1 aromatic heterocycles. The van der Waals surface area contributed by atoms with E-state index in [2.05, 4.69) is 43.2 Å². The Morgan fingerprint density at radius 1 is 1.15 bits per heavy atom. The molecule has 33 heavy (non-hydrogen) atoms. The molecule has 0 bridgehead atoms. The highest BCUT2D eigenvalue weighted by Gasteiger charge is 2.29. The summed E-state index contributed by atoms with van der Waals surface area (Å²) in [5.74, 6) is 1.24. The molecule has 1 aromatic carbocycles. The molecule has 0 spiro atoms. The minimum Gasteiger partial charge on any atom is -0.455 e. The quantitative estimate of drug-likeness (QED) is 0.472. The molecule has 3 rings (SSSR count). The Hall–Kier alpha value is -2.63. The van der Waals surface area contributed by atoms with Crippen LogP contribution in [-0.4, -0.2) is 27.0 Å². The lowest BCUT2D eigenvalue weighted by atomic mass is 9.96. The predicted molar refractivity (Wildman–Crippen MR) is 132 cm³/mol. The lowest BCUT2D eigenvalue weighted by Crippen LogP contribution is -2.27. The Bertz CT molecular complexity index is 962. The van der Waals surface area contributed by atoms with E-state index in [0.29, 0.717) is 36.1 Å². The monoisotopic (exact) mass is 453 g/mol. The number of amides is 1. The van der Waals surface area contributed by atoms with E-state index < -0.39 is 11.6 Å². The van der Waals surface area contributed by atoms with Crippen LogP contribution in [0, 0.1) is 5.92 Å². The summed E-state index contributed by atoms with van der Waals surface area (Å²) in [4.78, 5) is 31.0. The Labute approximate surface area is 198 Å². The number of benzene rings is 1. The van der Waals surface area contributed by atoms with Crippen molar-refractivity contribution in [1.29, 1.82) is 0 Å². The number of imidazole rings is 1. The molecule has 1 N–H and O–H groups in total. The van der Waals surface area contributed by atoms with Gasteiger partial charge in [0.25, 0.3) is 5.91 Å². The van der Waals surface area contributed by atoms with Crippen molar-refractivity contribution < 1.29 is 14.3 Å². The number of carbonyl (C=O) groups excluding carboxylic acids is 2. The van der Waals surface area contributed by atoms with E-state index in [-0.39, 0.29) is 11.7 Å². The van der Waals surface area contributed by atoms with E-state index in [0.717, 1.165) is 12.2 Å². The molecular weight excluding hydrogens is 414 g/mol. The number of hydrogen-bond acceptors (Lipinski definition) is 4. The highest BCUT2D eigenvalue weighted by Crippen LogP contribution is 2.34. The summed E-state index contributed by atoms with van der Waals surface area (Å²) in [7, 11) is 0. The molecule has 1 aliphatic rings. The van der Waals surface area contributed by atoms with Gasteiger partial charge in [0, 0.05) is 18.5 Å². The number of aromatic nitrogens is 2. The summed E-state index contributed by atoms with van der Waals surface area (Å²) in [6.45, 7) is 12.4. The highest BCUT2D eigenvalue weighted by molar-refractivity contribution is 6.07. The number of nitrogens with one attached hydrogen (secondary N) is 1. The summed E-state index contributed by atoms with van der Waals surface area (Å²) < 4.78 is 7.60. The summed E-state index contributed by atoms with van der Waals surface area (Å²) >= 11 is 0. The lowest BCUT2D eigenvalue weighted by molar-refractivity contribution is 0.00579. The van der Waals surface area contributed by atoms with Crippen LogP contribution in [0.3, 0.4) is 0 Å². The van der Waals surface area contributed by atoms with Crippen molar-refractivity contribution in [3.05, 3.63) is 46.9 Å². The molecule has 1 aliphatic carbocycles. The normalized spacial score (nSPS) is 14.6. The van der Waals surface area contributed by atoms with Crippen LogP contribution in [0.15, 0.2) is 24.3 Å². The maximum Gasteiger partial charge on any atom is 0.359 e. The van der Waals surface area contributed by atoms with Crippen LogP contribution in [0.5, 0.6) is 0 Å². The van der Waals surface area contributed by atoms with E-state index in [1.807, 2.05) is 37.5 Å². The molecule has 2 aromatic rings. The molecule has 1 fully saturated rings. The van der Waals surface area contributed by atoms with Crippen molar-refractivity contribution in [1.82, 2.24) is 9.55 Å². The first-order chi connectivity index (χ1) is 15.6. The SMILES string of the molecule is CCCc1nc(NC(=O)c2ccc(C3CCCC3)cc2)c(C(=O)OC(C)(C)C)n1CC(C)C. The van der Waals surface area contributed by atoms with Crippen LogP contribution < -0.4 is 5.32 Å². The Kier molecular flexibility index (Phi) is 7.98. The van der Waals surface area contributed by atoms with Crippen molar-refractivity contribution >= 4 is 17.7 Å². The molecule has 1 saturated carbocycles. The van der Waals surface area contributed by atoms with Gasteiger partial charge in [0.2, 0.25) is 0 Å². The van der Waals surface area contributed by atoms with Crippen LogP contribution >= 0.6 is 0 Å². The smallest absolute Gasteiger partial charge is 0.359 e. The largest absolute Gasteiger partial charge is 0.455 e.